The molecule has 6 heteroatoms. The molecule has 0 bridgehead atoms. The Labute approximate surface area is 103 Å². The molecule has 0 saturated heterocycles. The quantitative estimate of drug-likeness (QED) is 0.730. The van der Waals surface area contributed by atoms with E-state index in [1.54, 1.807) is 13.0 Å². The van der Waals surface area contributed by atoms with Gasteiger partial charge in [-0.05, 0) is 24.6 Å². The highest BCUT2D eigenvalue weighted by molar-refractivity contribution is 6.02. The summed E-state index contributed by atoms with van der Waals surface area (Å²) in [6.45, 7) is 1.78. The number of anilines is 2. The van der Waals surface area contributed by atoms with Crippen LogP contribution in [-0.4, -0.2) is 15.9 Å². The van der Waals surface area contributed by atoms with Gasteiger partial charge in [-0.3, -0.25) is 9.59 Å². The Kier molecular flexibility index (Phi) is 3.09. The van der Waals surface area contributed by atoms with Crippen molar-refractivity contribution in [1.82, 2.24) is 9.97 Å². The maximum Gasteiger partial charge on any atom is 0.273 e. The zero-order valence-electron chi connectivity index (χ0n) is 9.73. The number of carbonyl (C=O) groups excluding carboxylic acids is 1. The first-order valence-corrected chi connectivity index (χ1v) is 5.29. The van der Waals surface area contributed by atoms with Gasteiger partial charge in [0.1, 0.15) is 11.5 Å². The molecule has 0 radical (unpaired) electrons. The van der Waals surface area contributed by atoms with Crippen molar-refractivity contribution >= 4 is 17.4 Å². The molecular weight excluding hydrogens is 232 g/mol. The second kappa shape index (κ2) is 4.70. The minimum Gasteiger partial charge on any atom is -0.397 e. The van der Waals surface area contributed by atoms with Crippen LogP contribution in [0.25, 0.3) is 0 Å². The van der Waals surface area contributed by atoms with E-state index in [9.17, 15) is 9.59 Å². The number of hydrogen-bond acceptors (Lipinski definition) is 4. The molecule has 92 valence electrons. The van der Waals surface area contributed by atoms with E-state index in [0.717, 1.165) is 5.56 Å². The highest BCUT2D eigenvalue weighted by Gasteiger charge is 2.09. The van der Waals surface area contributed by atoms with Crippen molar-refractivity contribution in [3.05, 3.63) is 52.1 Å². The molecule has 0 aromatic carbocycles. The molecule has 0 aliphatic heterocycles. The summed E-state index contributed by atoms with van der Waals surface area (Å²) < 4.78 is 0. The van der Waals surface area contributed by atoms with Crippen molar-refractivity contribution in [3.8, 4) is 0 Å². The number of amides is 1. The minimum atomic E-state index is -0.423. The molecule has 6 nitrogen and oxygen atoms in total. The van der Waals surface area contributed by atoms with Gasteiger partial charge in [-0.15, -0.1) is 0 Å². The van der Waals surface area contributed by atoms with Crippen LogP contribution in [-0.2, 0) is 0 Å². The molecule has 1 amide bonds. The first-order chi connectivity index (χ1) is 8.56. The molecule has 2 aromatic heterocycles. The number of nitrogen functional groups attached to an aromatic ring is 1. The van der Waals surface area contributed by atoms with Gasteiger partial charge in [0.25, 0.3) is 5.91 Å². The summed E-state index contributed by atoms with van der Waals surface area (Å²) in [7, 11) is 0. The van der Waals surface area contributed by atoms with Crippen LogP contribution in [0.5, 0.6) is 0 Å². The first kappa shape index (κ1) is 11.8. The highest BCUT2D eigenvalue weighted by atomic mass is 16.2. The van der Waals surface area contributed by atoms with Crippen LogP contribution in [0, 0.1) is 6.92 Å². The van der Waals surface area contributed by atoms with Crippen LogP contribution >= 0.6 is 0 Å². The average molecular weight is 244 g/mol. The van der Waals surface area contributed by atoms with Gasteiger partial charge < -0.3 is 16.0 Å². The fourth-order valence-corrected chi connectivity index (χ4v) is 1.48. The van der Waals surface area contributed by atoms with E-state index in [-0.39, 0.29) is 11.3 Å². The predicted molar refractivity (Wildman–Crippen MR) is 68.4 cm³/mol. The van der Waals surface area contributed by atoms with Crippen LogP contribution < -0.4 is 16.6 Å². The monoisotopic (exact) mass is 244 g/mol. The number of pyridine rings is 2. The number of nitrogens with two attached hydrogens (primary N) is 1. The summed E-state index contributed by atoms with van der Waals surface area (Å²) in [4.78, 5) is 29.4. The lowest BCUT2D eigenvalue weighted by Crippen LogP contribution is -2.19. The summed E-state index contributed by atoms with van der Waals surface area (Å²) >= 11 is 0. The van der Waals surface area contributed by atoms with Gasteiger partial charge in [-0.2, -0.15) is 0 Å². The molecular formula is C12H12N4O2. The van der Waals surface area contributed by atoms with Gasteiger partial charge in [-0.25, -0.2) is 4.98 Å². The van der Waals surface area contributed by atoms with Crippen LogP contribution in [0.4, 0.5) is 11.5 Å². The standard InChI is InChI=1S/C12H12N4O2/c1-7-5-8(13)6-14-11(7)16-12(18)9-3-2-4-10(17)15-9/h2-6H,13H2,1H3,(H,15,17)(H,14,16,18). The van der Waals surface area contributed by atoms with Crippen molar-refractivity contribution in [1.29, 1.82) is 0 Å². The summed E-state index contributed by atoms with van der Waals surface area (Å²) in [5.41, 5.74) is 6.70. The zero-order chi connectivity index (χ0) is 13.1. The molecule has 18 heavy (non-hydrogen) atoms. The van der Waals surface area contributed by atoms with E-state index in [1.807, 2.05) is 0 Å². The van der Waals surface area contributed by atoms with Crippen LogP contribution in [0.15, 0.2) is 35.3 Å². The number of H-pyrrole nitrogens is 1. The van der Waals surface area contributed by atoms with E-state index >= 15 is 0 Å². The Morgan fingerprint density at radius 3 is 2.89 bits per heavy atom. The Bertz CT molecular complexity index is 649. The average Bonchev–Trinajstić information content (AvgIpc) is 2.32. The Morgan fingerprint density at radius 1 is 1.44 bits per heavy atom. The third kappa shape index (κ3) is 2.54. The largest absolute Gasteiger partial charge is 0.397 e. The topological polar surface area (TPSA) is 101 Å². The molecule has 2 heterocycles. The summed E-state index contributed by atoms with van der Waals surface area (Å²) in [6.07, 6.45) is 1.45. The number of hydrogen-bond donors (Lipinski definition) is 3. The summed E-state index contributed by atoms with van der Waals surface area (Å²) in [5, 5.41) is 2.61. The lowest BCUT2D eigenvalue weighted by Gasteiger charge is -2.07. The van der Waals surface area contributed by atoms with E-state index in [2.05, 4.69) is 15.3 Å². The molecule has 2 aromatic rings. The van der Waals surface area contributed by atoms with Crippen molar-refractivity contribution in [2.75, 3.05) is 11.1 Å². The predicted octanol–water partition coefficient (Wildman–Crippen LogP) is 0.913. The Morgan fingerprint density at radius 2 is 2.22 bits per heavy atom. The number of rotatable bonds is 2. The molecule has 0 spiro atoms. The van der Waals surface area contributed by atoms with Crippen LogP contribution in [0.1, 0.15) is 16.1 Å². The minimum absolute atomic E-state index is 0.181. The molecule has 4 N–H and O–H groups in total. The molecule has 2 rings (SSSR count). The van der Waals surface area contributed by atoms with E-state index in [4.69, 9.17) is 5.73 Å². The summed E-state index contributed by atoms with van der Waals surface area (Å²) in [6, 6.07) is 6.07. The summed E-state index contributed by atoms with van der Waals surface area (Å²) in [5.74, 6) is -0.00743. The normalized spacial score (nSPS) is 10.1. The van der Waals surface area contributed by atoms with Crippen LogP contribution in [0.2, 0.25) is 0 Å². The number of aryl methyl sites for hydroxylation is 1. The number of nitrogens with zero attached hydrogens (tertiary/aromatic N) is 1. The second-order valence-electron chi connectivity index (χ2n) is 3.82. The lowest BCUT2D eigenvalue weighted by molar-refractivity contribution is 0.102. The fraction of sp³-hybridized carbons (Fsp3) is 0.0833. The van der Waals surface area contributed by atoms with Gasteiger partial charge in [0.15, 0.2) is 0 Å². The number of aromatic amines is 1. The van der Waals surface area contributed by atoms with Crippen molar-refractivity contribution in [2.24, 2.45) is 0 Å². The molecule has 0 atom stereocenters. The van der Waals surface area contributed by atoms with Gasteiger partial charge in [0.05, 0.1) is 11.9 Å². The third-order valence-corrected chi connectivity index (χ3v) is 2.34. The molecule has 0 saturated carbocycles. The highest BCUT2D eigenvalue weighted by Crippen LogP contribution is 2.14. The van der Waals surface area contributed by atoms with E-state index in [1.165, 1.54) is 24.4 Å². The lowest BCUT2D eigenvalue weighted by atomic mass is 10.2. The second-order valence-corrected chi connectivity index (χ2v) is 3.82. The third-order valence-electron chi connectivity index (χ3n) is 2.34. The SMILES string of the molecule is Cc1cc(N)cnc1NC(=O)c1cccc(=O)[nH]1. The zero-order valence-corrected chi connectivity index (χ0v) is 9.73. The maximum atomic E-state index is 11.9. The molecule has 0 unspecified atom stereocenters. The molecule has 0 aliphatic carbocycles. The number of carbonyl (C=O) groups is 1. The van der Waals surface area contributed by atoms with Crippen molar-refractivity contribution < 1.29 is 4.79 Å². The first-order valence-electron chi connectivity index (χ1n) is 5.29. The molecule has 0 aliphatic rings. The number of aromatic nitrogens is 2. The Hall–Kier alpha value is -2.63. The van der Waals surface area contributed by atoms with Crippen molar-refractivity contribution in [3.63, 3.8) is 0 Å². The van der Waals surface area contributed by atoms with Gasteiger partial charge >= 0.3 is 0 Å². The van der Waals surface area contributed by atoms with Gasteiger partial charge in [-0.1, -0.05) is 6.07 Å². The van der Waals surface area contributed by atoms with E-state index in [0.29, 0.717) is 11.5 Å². The van der Waals surface area contributed by atoms with Crippen molar-refractivity contribution in [2.45, 2.75) is 6.92 Å². The van der Waals surface area contributed by atoms with E-state index < -0.39 is 5.91 Å². The smallest absolute Gasteiger partial charge is 0.273 e. The van der Waals surface area contributed by atoms with Crippen LogP contribution in [0.3, 0.4) is 0 Å². The maximum absolute atomic E-state index is 11.9. The Balaban J connectivity index is 2.24. The van der Waals surface area contributed by atoms with Gasteiger partial charge in [0.2, 0.25) is 5.56 Å². The van der Waals surface area contributed by atoms with Gasteiger partial charge in [0, 0.05) is 6.07 Å². The fourth-order valence-electron chi connectivity index (χ4n) is 1.48. The number of nitrogens with one attached hydrogen (secondary N) is 2. The molecule has 0 fully saturated rings.